The molecule has 0 fully saturated rings. The molecule has 0 bridgehead atoms. The minimum Gasteiger partial charge on any atom is -0.354 e. The highest BCUT2D eigenvalue weighted by molar-refractivity contribution is 7.92. The third kappa shape index (κ3) is 8.32. The van der Waals surface area contributed by atoms with Gasteiger partial charge in [-0.1, -0.05) is 84.8 Å². The van der Waals surface area contributed by atoms with Gasteiger partial charge in [-0.05, 0) is 67.8 Å². The molecule has 7 nitrogen and oxygen atoms in total. The summed E-state index contributed by atoms with van der Waals surface area (Å²) in [5.41, 5.74) is 3.69. The molecule has 0 heterocycles. The van der Waals surface area contributed by atoms with Gasteiger partial charge in [-0.25, -0.2) is 12.8 Å². The van der Waals surface area contributed by atoms with Crippen LogP contribution in [0.4, 0.5) is 10.1 Å². The van der Waals surface area contributed by atoms with E-state index in [1.165, 1.54) is 29.2 Å². The molecule has 0 saturated carbocycles. The Morgan fingerprint density at radius 1 is 0.795 bits per heavy atom. The van der Waals surface area contributed by atoms with E-state index in [9.17, 15) is 22.4 Å². The maximum atomic E-state index is 14.4. The molecule has 1 N–H and O–H groups in total. The number of hydrogen-bond donors (Lipinski definition) is 1. The average Bonchev–Trinajstić information content (AvgIpc) is 3.02. The van der Waals surface area contributed by atoms with Crippen LogP contribution in [-0.4, -0.2) is 44.3 Å². The molecule has 1 atom stereocenters. The Bertz CT molecular complexity index is 1640. The lowest BCUT2D eigenvalue weighted by atomic mass is 10.0. The summed E-state index contributed by atoms with van der Waals surface area (Å²) in [4.78, 5) is 29.5. The van der Waals surface area contributed by atoms with E-state index in [1.807, 2.05) is 75.4 Å². The Balaban J connectivity index is 1.78. The van der Waals surface area contributed by atoms with Gasteiger partial charge in [-0.2, -0.15) is 0 Å². The van der Waals surface area contributed by atoms with E-state index < -0.39 is 34.3 Å². The molecule has 44 heavy (non-hydrogen) atoms. The predicted octanol–water partition coefficient (Wildman–Crippen LogP) is 5.80. The number of rotatable bonds is 13. The molecule has 9 heteroatoms. The highest BCUT2D eigenvalue weighted by Crippen LogP contribution is 2.26. The Kier molecular flexibility index (Phi) is 10.9. The van der Waals surface area contributed by atoms with Gasteiger partial charge in [-0.15, -0.1) is 0 Å². The summed E-state index contributed by atoms with van der Waals surface area (Å²) in [6.07, 6.45) is 0.943. The maximum Gasteiger partial charge on any atom is 0.264 e. The number of halogens is 1. The molecular formula is C35H38FN3O4S. The van der Waals surface area contributed by atoms with E-state index in [4.69, 9.17) is 0 Å². The van der Waals surface area contributed by atoms with Crippen LogP contribution >= 0.6 is 0 Å². The highest BCUT2D eigenvalue weighted by atomic mass is 32.2. The molecule has 0 aliphatic rings. The fraction of sp³-hybridized carbons (Fsp3) is 0.257. The fourth-order valence-electron chi connectivity index (χ4n) is 4.78. The Morgan fingerprint density at radius 3 is 1.98 bits per heavy atom. The van der Waals surface area contributed by atoms with Crippen molar-refractivity contribution in [3.05, 3.63) is 131 Å². The summed E-state index contributed by atoms with van der Waals surface area (Å²) in [7, 11) is -4.25. The number of sulfonamides is 1. The van der Waals surface area contributed by atoms with Crippen LogP contribution in [0.1, 0.15) is 35.6 Å². The molecule has 0 radical (unpaired) electrons. The maximum absolute atomic E-state index is 14.4. The van der Waals surface area contributed by atoms with Crippen LogP contribution < -0.4 is 9.62 Å². The van der Waals surface area contributed by atoms with Gasteiger partial charge in [0.2, 0.25) is 11.8 Å². The second-order valence-corrected chi connectivity index (χ2v) is 12.7. The molecule has 0 aliphatic carbocycles. The van der Waals surface area contributed by atoms with Gasteiger partial charge < -0.3 is 10.2 Å². The van der Waals surface area contributed by atoms with Crippen molar-refractivity contribution < 1.29 is 22.4 Å². The number of nitrogens with one attached hydrogen (secondary N) is 1. The standard InChI is InChI=1S/C35H38FN3O4S/c1-4-22-37-35(41)33(23-28-8-6-5-7-9-28)38(24-29-14-10-26(2)11-15-29)34(40)25-39(31-18-16-30(36)17-19-31)44(42,43)32-20-12-27(3)13-21-32/h5-21,33H,4,22-25H2,1-3H3,(H,37,41). The van der Waals surface area contributed by atoms with Crippen LogP contribution in [-0.2, 0) is 32.6 Å². The molecule has 2 amide bonds. The average molecular weight is 616 g/mol. The van der Waals surface area contributed by atoms with Crippen molar-refractivity contribution in [1.82, 2.24) is 10.2 Å². The number of hydrogen-bond acceptors (Lipinski definition) is 4. The van der Waals surface area contributed by atoms with Gasteiger partial charge >= 0.3 is 0 Å². The quantitative estimate of drug-likeness (QED) is 0.206. The molecule has 0 aliphatic heterocycles. The highest BCUT2D eigenvalue weighted by Gasteiger charge is 2.34. The van der Waals surface area contributed by atoms with Crippen molar-refractivity contribution in [2.75, 3.05) is 17.4 Å². The molecule has 4 rings (SSSR count). The van der Waals surface area contributed by atoms with Crippen LogP contribution in [0.15, 0.2) is 108 Å². The predicted molar refractivity (Wildman–Crippen MR) is 171 cm³/mol. The summed E-state index contributed by atoms with van der Waals surface area (Å²) < 4.78 is 42.9. The molecular weight excluding hydrogens is 577 g/mol. The largest absolute Gasteiger partial charge is 0.354 e. The second kappa shape index (κ2) is 14.8. The first kappa shape index (κ1) is 32.4. The summed E-state index contributed by atoms with van der Waals surface area (Å²) in [6, 6.07) is 27.4. The van der Waals surface area contributed by atoms with Gasteiger partial charge in [-0.3, -0.25) is 13.9 Å². The molecule has 0 spiro atoms. The van der Waals surface area contributed by atoms with Gasteiger partial charge in [0.15, 0.2) is 0 Å². The van der Waals surface area contributed by atoms with Crippen LogP contribution in [0.3, 0.4) is 0 Å². The smallest absolute Gasteiger partial charge is 0.264 e. The van der Waals surface area contributed by atoms with Crippen molar-refractivity contribution in [3.8, 4) is 0 Å². The lowest BCUT2D eigenvalue weighted by Crippen LogP contribution is -2.53. The van der Waals surface area contributed by atoms with Crippen molar-refractivity contribution in [2.45, 2.75) is 51.1 Å². The van der Waals surface area contributed by atoms with Crippen molar-refractivity contribution in [1.29, 1.82) is 0 Å². The summed E-state index contributed by atoms with van der Waals surface area (Å²) >= 11 is 0. The first-order chi connectivity index (χ1) is 21.1. The zero-order chi connectivity index (χ0) is 31.7. The zero-order valence-electron chi connectivity index (χ0n) is 25.2. The van der Waals surface area contributed by atoms with Gasteiger partial charge in [0, 0.05) is 19.5 Å². The molecule has 4 aromatic rings. The second-order valence-electron chi connectivity index (χ2n) is 10.8. The van der Waals surface area contributed by atoms with Crippen LogP contribution in [0, 0.1) is 19.7 Å². The van der Waals surface area contributed by atoms with E-state index in [1.54, 1.807) is 12.1 Å². The number of anilines is 1. The summed E-state index contributed by atoms with van der Waals surface area (Å²) in [5, 5.41) is 2.93. The third-order valence-electron chi connectivity index (χ3n) is 7.30. The molecule has 0 saturated heterocycles. The van der Waals surface area contributed by atoms with Gasteiger partial charge in [0.1, 0.15) is 18.4 Å². The van der Waals surface area contributed by atoms with E-state index in [-0.39, 0.29) is 29.5 Å². The number of aryl methyl sites for hydroxylation is 2. The number of nitrogens with zero attached hydrogens (tertiary/aromatic N) is 2. The monoisotopic (exact) mass is 615 g/mol. The van der Waals surface area contributed by atoms with Gasteiger partial charge in [0.25, 0.3) is 10.0 Å². The van der Waals surface area contributed by atoms with E-state index >= 15 is 0 Å². The van der Waals surface area contributed by atoms with Crippen LogP contribution in [0.25, 0.3) is 0 Å². The minimum atomic E-state index is -4.25. The topological polar surface area (TPSA) is 86.8 Å². The number of carbonyl (C=O) groups is 2. The van der Waals surface area contributed by atoms with E-state index in [0.29, 0.717) is 13.0 Å². The van der Waals surface area contributed by atoms with Crippen molar-refractivity contribution in [2.24, 2.45) is 0 Å². The third-order valence-corrected chi connectivity index (χ3v) is 9.08. The molecule has 0 aromatic heterocycles. The normalized spacial score (nSPS) is 11.9. The van der Waals surface area contributed by atoms with E-state index in [0.717, 1.165) is 38.7 Å². The van der Waals surface area contributed by atoms with Crippen LogP contribution in [0.2, 0.25) is 0 Å². The lowest BCUT2D eigenvalue weighted by molar-refractivity contribution is -0.140. The molecule has 230 valence electrons. The summed E-state index contributed by atoms with van der Waals surface area (Å²) in [5.74, 6) is -1.44. The number of amides is 2. The zero-order valence-corrected chi connectivity index (χ0v) is 26.1. The van der Waals surface area contributed by atoms with Crippen LogP contribution in [0.5, 0.6) is 0 Å². The van der Waals surface area contributed by atoms with Crippen molar-refractivity contribution >= 4 is 27.5 Å². The fourth-order valence-corrected chi connectivity index (χ4v) is 6.20. The number of benzene rings is 4. The Hall–Kier alpha value is -4.50. The minimum absolute atomic E-state index is 0.00756. The lowest BCUT2D eigenvalue weighted by Gasteiger charge is -2.34. The Morgan fingerprint density at radius 2 is 1.39 bits per heavy atom. The van der Waals surface area contributed by atoms with Crippen molar-refractivity contribution in [3.63, 3.8) is 0 Å². The first-order valence-corrected chi connectivity index (χ1v) is 16.0. The number of carbonyl (C=O) groups excluding carboxylic acids is 2. The first-order valence-electron chi connectivity index (χ1n) is 14.6. The van der Waals surface area contributed by atoms with Gasteiger partial charge in [0.05, 0.1) is 10.6 Å². The molecule has 4 aromatic carbocycles. The van der Waals surface area contributed by atoms with E-state index in [2.05, 4.69) is 5.32 Å². The molecule has 1 unspecified atom stereocenters. The summed E-state index contributed by atoms with van der Waals surface area (Å²) in [6.45, 7) is 5.66. The SMILES string of the molecule is CCCNC(=O)C(Cc1ccccc1)N(Cc1ccc(C)cc1)C(=O)CN(c1ccc(F)cc1)S(=O)(=O)c1ccc(C)cc1. The Labute approximate surface area is 259 Å².